The largest absolute Gasteiger partial charge is 0.399 e. The molecule has 6 nitrogen and oxygen atoms in total. The number of hydrogen-bond donors (Lipinski definition) is 1. The van der Waals surface area contributed by atoms with E-state index in [1.165, 1.54) is 16.5 Å². The van der Waals surface area contributed by atoms with E-state index < -0.39 is 0 Å². The lowest BCUT2D eigenvalue weighted by atomic mass is 10.2. The molecule has 4 aromatic rings. The van der Waals surface area contributed by atoms with Gasteiger partial charge >= 0.3 is 0 Å². The summed E-state index contributed by atoms with van der Waals surface area (Å²) in [5.74, 6) is 1.22. The number of anilines is 1. The number of nitrogens with zero attached hydrogens (tertiary/aromatic N) is 3. The van der Waals surface area contributed by atoms with Crippen molar-refractivity contribution in [3.8, 4) is 0 Å². The number of nitro benzene ring substituents is 1. The highest BCUT2D eigenvalue weighted by Crippen LogP contribution is 2.26. The van der Waals surface area contributed by atoms with Gasteiger partial charge in [0.1, 0.15) is 0 Å². The van der Waals surface area contributed by atoms with Crippen molar-refractivity contribution in [2.24, 2.45) is 11.8 Å². The van der Waals surface area contributed by atoms with Gasteiger partial charge in [-0.15, -0.1) is 0 Å². The molecule has 2 N–H and O–H groups in total. The van der Waals surface area contributed by atoms with Crippen LogP contribution in [0.4, 0.5) is 11.4 Å². The highest BCUT2D eigenvalue weighted by atomic mass is 16.6. The van der Waals surface area contributed by atoms with Crippen LogP contribution in [0.3, 0.4) is 0 Å². The van der Waals surface area contributed by atoms with Crippen LogP contribution < -0.4 is 5.73 Å². The molecule has 2 aromatic heterocycles. The summed E-state index contributed by atoms with van der Waals surface area (Å²) in [7, 11) is 0. The Bertz CT molecular complexity index is 1250. The Morgan fingerprint density at radius 2 is 1.31 bits per heavy atom. The summed E-state index contributed by atoms with van der Waals surface area (Å²) in [5, 5.41) is 13.0. The van der Waals surface area contributed by atoms with Crippen molar-refractivity contribution in [1.29, 1.82) is 0 Å². The average molecular weight is 435 g/mol. The van der Waals surface area contributed by atoms with Gasteiger partial charge in [0.2, 0.25) is 0 Å². The van der Waals surface area contributed by atoms with Gasteiger partial charge in [-0.3, -0.25) is 10.1 Å². The van der Waals surface area contributed by atoms with E-state index in [1.807, 2.05) is 19.1 Å². The molecule has 0 bridgehead atoms. The predicted molar refractivity (Wildman–Crippen MR) is 134 cm³/mol. The first-order valence-electron chi connectivity index (χ1n) is 11.2. The minimum absolute atomic E-state index is 0.155. The lowest BCUT2D eigenvalue weighted by Crippen LogP contribution is -2.02. The minimum Gasteiger partial charge on any atom is -0.399 e. The Morgan fingerprint density at radius 3 is 1.78 bits per heavy atom. The quantitative estimate of drug-likeness (QED) is 0.215. The molecule has 0 aliphatic heterocycles. The summed E-state index contributed by atoms with van der Waals surface area (Å²) >= 11 is 0. The second-order valence-electron chi connectivity index (χ2n) is 9.45. The Labute approximate surface area is 189 Å². The Balaban J connectivity index is 0.000000182. The van der Waals surface area contributed by atoms with Crippen molar-refractivity contribution in [3.05, 3.63) is 70.0 Å². The van der Waals surface area contributed by atoms with E-state index in [4.69, 9.17) is 5.73 Å². The maximum absolute atomic E-state index is 10.7. The van der Waals surface area contributed by atoms with E-state index in [2.05, 4.69) is 68.3 Å². The van der Waals surface area contributed by atoms with Crippen molar-refractivity contribution < 1.29 is 4.92 Å². The lowest BCUT2D eigenvalue weighted by Gasteiger charge is -2.08. The molecule has 0 aliphatic carbocycles. The van der Waals surface area contributed by atoms with Crippen molar-refractivity contribution in [2.45, 2.75) is 54.6 Å². The van der Waals surface area contributed by atoms with Crippen LogP contribution in [-0.2, 0) is 13.1 Å². The standard InChI is InChI=1S/C13H16N2O2.C13H18N2/c1-9(2)7-14-8-10(3)12-6-11(15(16)17)4-5-13(12)14;1-9(2)7-15-8-10(3)12-6-11(14)4-5-13(12)15/h4-6,8-9H,7H2,1-3H3;4-6,8-9H,7,14H2,1-3H3. The molecule has 0 amide bonds. The fourth-order valence-corrected chi connectivity index (χ4v) is 4.16. The summed E-state index contributed by atoms with van der Waals surface area (Å²) in [6.45, 7) is 14.9. The zero-order chi connectivity index (χ0) is 23.6. The molecular formula is C26H34N4O2. The Kier molecular flexibility index (Phi) is 6.92. The molecule has 4 rings (SSSR count). The number of benzene rings is 2. The van der Waals surface area contributed by atoms with Crippen molar-refractivity contribution >= 4 is 33.2 Å². The van der Waals surface area contributed by atoms with E-state index in [0.29, 0.717) is 11.8 Å². The average Bonchev–Trinajstić information content (AvgIpc) is 3.17. The summed E-state index contributed by atoms with van der Waals surface area (Å²) in [6, 6.07) is 11.2. The van der Waals surface area contributed by atoms with Gasteiger partial charge in [-0.2, -0.15) is 0 Å². The van der Waals surface area contributed by atoms with E-state index in [-0.39, 0.29) is 10.6 Å². The van der Waals surface area contributed by atoms with Gasteiger partial charge in [0.05, 0.1) is 4.92 Å². The van der Waals surface area contributed by atoms with Crippen LogP contribution in [0.15, 0.2) is 48.8 Å². The van der Waals surface area contributed by atoms with Crippen LogP contribution in [0.2, 0.25) is 0 Å². The molecule has 170 valence electrons. The molecule has 0 radical (unpaired) electrons. The Morgan fingerprint density at radius 1 is 0.844 bits per heavy atom. The van der Waals surface area contributed by atoms with Gasteiger partial charge < -0.3 is 14.9 Å². The fourth-order valence-electron chi connectivity index (χ4n) is 4.16. The van der Waals surface area contributed by atoms with E-state index >= 15 is 0 Å². The predicted octanol–water partition coefficient (Wildman–Crippen LogP) is 6.70. The smallest absolute Gasteiger partial charge is 0.270 e. The first-order chi connectivity index (χ1) is 15.1. The Hall–Kier alpha value is -3.28. The molecule has 0 unspecified atom stereocenters. The maximum atomic E-state index is 10.7. The van der Waals surface area contributed by atoms with E-state index in [9.17, 15) is 10.1 Å². The van der Waals surface area contributed by atoms with Crippen molar-refractivity contribution in [1.82, 2.24) is 9.13 Å². The molecule has 0 saturated carbocycles. The lowest BCUT2D eigenvalue weighted by molar-refractivity contribution is -0.384. The van der Waals surface area contributed by atoms with E-state index in [0.717, 1.165) is 35.2 Å². The van der Waals surface area contributed by atoms with Gasteiger partial charge in [-0.1, -0.05) is 27.7 Å². The van der Waals surface area contributed by atoms with Crippen LogP contribution in [0.25, 0.3) is 21.8 Å². The third kappa shape index (κ3) is 5.13. The molecule has 0 saturated heterocycles. The number of nitrogens with two attached hydrogens (primary N) is 1. The molecular weight excluding hydrogens is 400 g/mol. The number of nitro groups is 1. The summed E-state index contributed by atoms with van der Waals surface area (Å²) in [5.41, 5.74) is 11.5. The number of fused-ring (bicyclic) bond motifs is 2. The highest BCUT2D eigenvalue weighted by molar-refractivity contribution is 5.87. The first-order valence-corrected chi connectivity index (χ1v) is 11.2. The van der Waals surface area contributed by atoms with Crippen LogP contribution in [0.5, 0.6) is 0 Å². The minimum atomic E-state index is -0.349. The molecule has 0 aliphatic rings. The number of aromatic nitrogens is 2. The zero-order valence-electron chi connectivity index (χ0n) is 19.9. The van der Waals surface area contributed by atoms with Crippen molar-refractivity contribution in [3.63, 3.8) is 0 Å². The normalized spacial score (nSPS) is 11.4. The fraction of sp³-hybridized carbons (Fsp3) is 0.385. The monoisotopic (exact) mass is 434 g/mol. The third-order valence-electron chi connectivity index (χ3n) is 5.50. The van der Waals surface area contributed by atoms with Crippen LogP contribution in [0, 0.1) is 35.8 Å². The topological polar surface area (TPSA) is 79.0 Å². The number of nitrogen functional groups attached to an aromatic ring is 1. The van der Waals surface area contributed by atoms with Crippen molar-refractivity contribution in [2.75, 3.05) is 5.73 Å². The molecule has 6 heteroatoms. The van der Waals surface area contributed by atoms with Gasteiger partial charge in [-0.05, 0) is 61.1 Å². The number of hydrogen-bond acceptors (Lipinski definition) is 3. The first kappa shape index (κ1) is 23.4. The number of rotatable bonds is 5. The van der Waals surface area contributed by atoms with Gasteiger partial charge in [0, 0.05) is 65.1 Å². The molecule has 0 atom stereocenters. The molecule has 2 aromatic carbocycles. The van der Waals surface area contributed by atoms with Gasteiger partial charge in [0.25, 0.3) is 5.69 Å². The second kappa shape index (κ2) is 9.47. The van der Waals surface area contributed by atoms with Gasteiger partial charge in [0.15, 0.2) is 0 Å². The summed E-state index contributed by atoms with van der Waals surface area (Å²) in [6.07, 6.45) is 4.28. The summed E-state index contributed by atoms with van der Waals surface area (Å²) < 4.78 is 4.48. The summed E-state index contributed by atoms with van der Waals surface area (Å²) in [4.78, 5) is 10.4. The van der Waals surface area contributed by atoms with Crippen LogP contribution in [0.1, 0.15) is 38.8 Å². The SMILES string of the molecule is Cc1cn(CC(C)C)c2ccc(N)cc12.Cc1cn(CC(C)C)c2ccc([N+](=O)[O-])cc12. The van der Waals surface area contributed by atoms with Gasteiger partial charge in [-0.25, -0.2) is 0 Å². The molecule has 2 heterocycles. The van der Waals surface area contributed by atoms with Crippen LogP contribution in [-0.4, -0.2) is 14.1 Å². The number of aryl methyl sites for hydroxylation is 2. The molecule has 0 fully saturated rings. The number of non-ortho nitro benzene ring substituents is 1. The second-order valence-corrected chi connectivity index (χ2v) is 9.45. The van der Waals surface area contributed by atoms with E-state index in [1.54, 1.807) is 12.1 Å². The molecule has 32 heavy (non-hydrogen) atoms. The maximum Gasteiger partial charge on any atom is 0.270 e. The highest BCUT2D eigenvalue weighted by Gasteiger charge is 2.12. The van der Waals surface area contributed by atoms with Crippen LogP contribution >= 0.6 is 0 Å². The third-order valence-corrected chi connectivity index (χ3v) is 5.50. The molecule has 0 spiro atoms. The zero-order valence-corrected chi connectivity index (χ0v) is 19.9.